The largest absolute Gasteiger partial charge is 0.326 e. The van der Waals surface area contributed by atoms with E-state index in [9.17, 15) is 0 Å². The molecule has 3 heteroatoms. The van der Waals surface area contributed by atoms with Gasteiger partial charge < -0.3 is 10.3 Å². The Morgan fingerprint density at radius 2 is 2.12 bits per heavy atom. The van der Waals surface area contributed by atoms with E-state index >= 15 is 0 Å². The summed E-state index contributed by atoms with van der Waals surface area (Å²) < 4.78 is 2.13. The molecule has 0 radical (unpaired) electrons. The van der Waals surface area contributed by atoms with Crippen molar-refractivity contribution in [2.24, 2.45) is 5.73 Å². The normalized spacial score (nSPS) is 10.6. The van der Waals surface area contributed by atoms with Crippen LogP contribution in [0.4, 0.5) is 0 Å². The second-order valence-electron chi connectivity index (χ2n) is 3.80. The first-order valence-electron chi connectivity index (χ1n) is 5.67. The summed E-state index contributed by atoms with van der Waals surface area (Å²) in [7, 11) is 0. The molecule has 0 amide bonds. The van der Waals surface area contributed by atoms with Crippen LogP contribution in [-0.4, -0.2) is 9.55 Å². The molecule has 2 N–H and O–H groups in total. The SMILES string of the molecule is CCCc1nccn1-c1ccccc1CN. The van der Waals surface area contributed by atoms with E-state index in [1.807, 2.05) is 24.5 Å². The zero-order chi connectivity index (χ0) is 11.4. The molecule has 0 aliphatic carbocycles. The third-order valence-electron chi connectivity index (χ3n) is 2.66. The third kappa shape index (κ3) is 1.99. The summed E-state index contributed by atoms with van der Waals surface area (Å²) in [5.41, 5.74) is 8.04. The van der Waals surface area contributed by atoms with E-state index in [0.717, 1.165) is 29.9 Å². The topological polar surface area (TPSA) is 43.8 Å². The van der Waals surface area contributed by atoms with Gasteiger partial charge in [-0.25, -0.2) is 4.98 Å². The molecule has 0 fully saturated rings. The summed E-state index contributed by atoms with van der Waals surface area (Å²) in [4.78, 5) is 4.38. The van der Waals surface area contributed by atoms with Gasteiger partial charge in [0.2, 0.25) is 0 Å². The van der Waals surface area contributed by atoms with E-state index in [2.05, 4.69) is 28.6 Å². The van der Waals surface area contributed by atoms with Gasteiger partial charge in [-0.05, 0) is 18.1 Å². The number of rotatable bonds is 4. The number of aromatic nitrogens is 2. The lowest BCUT2D eigenvalue weighted by Crippen LogP contribution is -2.06. The lowest BCUT2D eigenvalue weighted by atomic mass is 10.1. The molecule has 0 saturated carbocycles. The first kappa shape index (κ1) is 10.9. The standard InChI is InChI=1S/C13H17N3/c1-2-5-13-15-8-9-16(13)12-7-4-3-6-11(12)10-14/h3-4,6-9H,2,5,10,14H2,1H3. The van der Waals surface area contributed by atoms with Gasteiger partial charge in [0.25, 0.3) is 0 Å². The summed E-state index contributed by atoms with van der Waals surface area (Å²) in [5.74, 6) is 1.10. The van der Waals surface area contributed by atoms with Crippen molar-refractivity contribution in [3.05, 3.63) is 48.0 Å². The van der Waals surface area contributed by atoms with Crippen LogP contribution >= 0.6 is 0 Å². The molecule has 3 nitrogen and oxygen atoms in total. The van der Waals surface area contributed by atoms with E-state index in [4.69, 9.17) is 5.73 Å². The maximum atomic E-state index is 5.75. The fourth-order valence-electron chi connectivity index (χ4n) is 1.88. The molecule has 16 heavy (non-hydrogen) atoms. The highest BCUT2D eigenvalue weighted by Gasteiger charge is 2.06. The zero-order valence-electron chi connectivity index (χ0n) is 9.56. The molecule has 0 aliphatic heterocycles. The number of aryl methyl sites for hydroxylation is 1. The minimum atomic E-state index is 0.555. The smallest absolute Gasteiger partial charge is 0.113 e. The molecule has 1 heterocycles. The molecular weight excluding hydrogens is 198 g/mol. The molecule has 2 aromatic rings. The maximum absolute atomic E-state index is 5.75. The molecule has 84 valence electrons. The van der Waals surface area contributed by atoms with Crippen LogP contribution in [0.3, 0.4) is 0 Å². The van der Waals surface area contributed by atoms with Crippen molar-refractivity contribution in [2.45, 2.75) is 26.3 Å². The van der Waals surface area contributed by atoms with Crippen LogP contribution in [0.1, 0.15) is 24.7 Å². The lowest BCUT2D eigenvalue weighted by Gasteiger charge is -2.11. The van der Waals surface area contributed by atoms with E-state index in [1.54, 1.807) is 0 Å². The Morgan fingerprint density at radius 3 is 2.88 bits per heavy atom. The molecule has 2 rings (SSSR count). The number of hydrogen-bond donors (Lipinski definition) is 1. The molecule has 1 aromatic heterocycles. The number of nitrogens with two attached hydrogens (primary N) is 1. The number of benzene rings is 1. The van der Waals surface area contributed by atoms with Gasteiger partial charge >= 0.3 is 0 Å². The summed E-state index contributed by atoms with van der Waals surface area (Å²) in [6.07, 6.45) is 5.94. The second-order valence-corrected chi connectivity index (χ2v) is 3.80. The maximum Gasteiger partial charge on any atom is 0.113 e. The molecular formula is C13H17N3. The van der Waals surface area contributed by atoms with Crippen LogP contribution < -0.4 is 5.73 Å². The summed E-state index contributed by atoms with van der Waals surface area (Å²) in [6, 6.07) is 8.19. The second kappa shape index (κ2) is 4.94. The van der Waals surface area contributed by atoms with Gasteiger partial charge in [-0.15, -0.1) is 0 Å². The highest BCUT2D eigenvalue weighted by atomic mass is 15.1. The van der Waals surface area contributed by atoms with Crippen molar-refractivity contribution in [1.29, 1.82) is 0 Å². The molecule has 0 aliphatic rings. The van der Waals surface area contributed by atoms with Crippen LogP contribution in [0, 0.1) is 0 Å². The van der Waals surface area contributed by atoms with Gasteiger partial charge in [0.05, 0.1) is 5.69 Å². The first-order chi connectivity index (χ1) is 7.86. The van der Waals surface area contributed by atoms with Crippen molar-refractivity contribution in [1.82, 2.24) is 9.55 Å². The van der Waals surface area contributed by atoms with Gasteiger partial charge in [-0.2, -0.15) is 0 Å². The minimum absolute atomic E-state index is 0.555. The molecule has 0 atom stereocenters. The fraction of sp³-hybridized carbons (Fsp3) is 0.308. The number of hydrogen-bond acceptors (Lipinski definition) is 2. The molecule has 0 spiro atoms. The predicted molar refractivity (Wildman–Crippen MR) is 65.5 cm³/mol. The quantitative estimate of drug-likeness (QED) is 0.850. The summed E-state index contributed by atoms with van der Waals surface area (Å²) in [5, 5.41) is 0. The van der Waals surface area contributed by atoms with E-state index < -0.39 is 0 Å². The lowest BCUT2D eigenvalue weighted by molar-refractivity contribution is 0.803. The Hall–Kier alpha value is -1.61. The Kier molecular flexibility index (Phi) is 3.37. The zero-order valence-corrected chi connectivity index (χ0v) is 9.56. The minimum Gasteiger partial charge on any atom is -0.326 e. The van der Waals surface area contributed by atoms with Gasteiger partial charge in [0.1, 0.15) is 5.82 Å². The van der Waals surface area contributed by atoms with Crippen molar-refractivity contribution >= 4 is 0 Å². The van der Waals surface area contributed by atoms with Crippen molar-refractivity contribution in [2.75, 3.05) is 0 Å². The van der Waals surface area contributed by atoms with Crippen LogP contribution in [0.2, 0.25) is 0 Å². The van der Waals surface area contributed by atoms with Crippen LogP contribution in [0.25, 0.3) is 5.69 Å². The van der Waals surface area contributed by atoms with E-state index in [1.165, 1.54) is 0 Å². The molecule has 1 aromatic carbocycles. The number of para-hydroxylation sites is 1. The van der Waals surface area contributed by atoms with Crippen LogP contribution in [0.15, 0.2) is 36.7 Å². The van der Waals surface area contributed by atoms with Crippen LogP contribution in [-0.2, 0) is 13.0 Å². The van der Waals surface area contributed by atoms with E-state index in [0.29, 0.717) is 6.54 Å². The van der Waals surface area contributed by atoms with E-state index in [-0.39, 0.29) is 0 Å². The van der Waals surface area contributed by atoms with Gasteiger partial charge in [-0.1, -0.05) is 25.1 Å². The molecule has 0 saturated heterocycles. The predicted octanol–water partition coefficient (Wildman–Crippen LogP) is 2.28. The van der Waals surface area contributed by atoms with Gasteiger partial charge in [0, 0.05) is 25.4 Å². The monoisotopic (exact) mass is 215 g/mol. The Labute approximate surface area is 95.9 Å². The third-order valence-corrected chi connectivity index (χ3v) is 2.66. The van der Waals surface area contributed by atoms with Crippen LogP contribution in [0.5, 0.6) is 0 Å². The van der Waals surface area contributed by atoms with Crippen molar-refractivity contribution in [3.8, 4) is 5.69 Å². The molecule has 0 unspecified atom stereocenters. The highest BCUT2D eigenvalue weighted by Crippen LogP contribution is 2.16. The number of imidazole rings is 1. The fourth-order valence-corrected chi connectivity index (χ4v) is 1.88. The summed E-state index contributed by atoms with van der Waals surface area (Å²) in [6.45, 7) is 2.72. The van der Waals surface area contributed by atoms with Crippen molar-refractivity contribution < 1.29 is 0 Å². The van der Waals surface area contributed by atoms with Gasteiger partial charge in [0.15, 0.2) is 0 Å². The average molecular weight is 215 g/mol. The Bertz CT molecular complexity index is 460. The average Bonchev–Trinajstić information content (AvgIpc) is 2.77. The Morgan fingerprint density at radius 1 is 1.31 bits per heavy atom. The Balaban J connectivity index is 2.45. The number of nitrogens with zero attached hydrogens (tertiary/aromatic N) is 2. The summed E-state index contributed by atoms with van der Waals surface area (Å²) >= 11 is 0. The van der Waals surface area contributed by atoms with Crippen molar-refractivity contribution in [3.63, 3.8) is 0 Å². The first-order valence-corrected chi connectivity index (χ1v) is 5.67. The van der Waals surface area contributed by atoms with Gasteiger partial charge in [-0.3, -0.25) is 0 Å². The highest BCUT2D eigenvalue weighted by molar-refractivity contribution is 5.41. The molecule has 0 bridgehead atoms.